The van der Waals surface area contributed by atoms with Gasteiger partial charge in [0.1, 0.15) is 22.5 Å². The van der Waals surface area contributed by atoms with Gasteiger partial charge in [0.05, 0.1) is 0 Å². The van der Waals surface area contributed by atoms with Crippen molar-refractivity contribution in [2.24, 2.45) is 0 Å². The van der Waals surface area contributed by atoms with Crippen molar-refractivity contribution in [2.75, 3.05) is 0 Å². The molecule has 1 heterocycles. The van der Waals surface area contributed by atoms with Gasteiger partial charge >= 0.3 is 15.6 Å². The Balaban J connectivity index is 1.99. The summed E-state index contributed by atoms with van der Waals surface area (Å²) >= 11 is 0. The van der Waals surface area contributed by atoms with Gasteiger partial charge in [-0.1, -0.05) is 42.5 Å². The second-order valence-corrected chi connectivity index (χ2v) is 8.22. The number of benzene rings is 3. The van der Waals surface area contributed by atoms with Gasteiger partial charge in [-0.2, -0.15) is 21.6 Å². The minimum Gasteiger partial charge on any atom is -0.456 e. The summed E-state index contributed by atoms with van der Waals surface area (Å²) in [6.45, 7) is 0. The molecule has 0 amide bonds. The molecule has 0 atom stereocenters. The van der Waals surface area contributed by atoms with Crippen molar-refractivity contribution in [3.05, 3.63) is 88.8 Å². The Morgan fingerprint density at radius 2 is 1.47 bits per heavy atom. The van der Waals surface area contributed by atoms with E-state index >= 15 is 0 Å². The molecule has 3 aromatic carbocycles. The smallest absolute Gasteiger partial charge is 0.456 e. The molecular formula is C22H12F4O5S. The summed E-state index contributed by atoms with van der Waals surface area (Å²) in [7, 11) is -6.07. The highest BCUT2D eigenvalue weighted by molar-refractivity contribution is 7.88. The van der Waals surface area contributed by atoms with Gasteiger partial charge in [0.25, 0.3) is 0 Å². The van der Waals surface area contributed by atoms with Crippen molar-refractivity contribution < 1.29 is 34.6 Å². The van der Waals surface area contributed by atoms with E-state index in [1.54, 1.807) is 30.3 Å². The number of alkyl halides is 3. The zero-order chi connectivity index (χ0) is 23.1. The summed E-state index contributed by atoms with van der Waals surface area (Å²) in [5.41, 5.74) is -5.72. The highest BCUT2D eigenvalue weighted by atomic mass is 32.2. The fraction of sp³-hybridized carbons (Fsp3) is 0.0455. The Bertz CT molecular complexity index is 1460. The Hall–Kier alpha value is -3.66. The van der Waals surface area contributed by atoms with E-state index in [-0.39, 0.29) is 16.9 Å². The van der Waals surface area contributed by atoms with Crippen LogP contribution in [0.1, 0.15) is 0 Å². The van der Waals surface area contributed by atoms with Crippen LogP contribution >= 0.6 is 0 Å². The number of rotatable bonds is 4. The lowest BCUT2D eigenvalue weighted by molar-refractivity contribution is -0.0499. The van der Waals surface area contributed by atoms with Crippen LogP contribution in [0.15, 0.2) is 82.0 Å². The van der Waals surface area contributed by atoms with E-state index < -0.39 is 38.0 Å². The molecule has 4 rings (SSSR count). The zero-order valence-electron chi connectivity index (χ0n) is 15.9. The highest BCUT2D eigenvalue weighted by Crippen LogP contribution is 2.36. The average molecular weight is 464 g/mol. The van der Waals surface area contributed by atoms with E-state index in [2.05, 4.69) is 4.18 Å². The Kier molecular flexibility index (Phi) is 5.25. The summed E-state index contributed by atoms with van der Waals surface area (Å²) in [5, 5.41) is -0.483. The highest BCUT2D eigenvalue weighted by Gasteiger charge is 2.49. The standard InChI is InChI=1S/C22H12F4O5S/c23-16-8-6-13(7-9-16)15-10-19-21(20(11-15)31-32(28,29)22(24,25)26)17(27)12-18(30-19)14-4-2-1-3-5-14/h1-12H. The molecule has 0 bridgehead atoms. The molecule has 0 aliphatic heterocycles. The largest absolute Gasteiger partial charge is 0.534 e. The topological polar surface area (TPSA) is 73.6 Å². The van der Waals surface area contributed by atoms with Gasteiger partial charge in [-0.25, -0.2) is 4.39 Å². The minimum absolute atomic E-state index is 0.115. The molecule has 1 aromatic heterocycles. The average Bonchev–Trinajstić information content (AvgIpc) is 2.73. The molecule has 0 fully saturated rings. The molecule has 0 aliphatic rings. The molecule has 0 aliphatic carbocycles. The van der Waals surface area contributed by atoms with Gasteiger partial charge in [-0.3, -0.25) is 4.79 Å². The van der Waals surface area contributed by atoms with Crippen molar-refractivity contribution in [3.8, 4) is 28.2 Å². The maximum Gasteiger partial charge on any atom is 0.534 e. The van der Waals surface area contributed by atoms with Crippen molar-refractivity contribution in [3.63, 3.8) is 0 Å². The van der Waals surface area contributed by atoms with Crippen LogP contribution in [0.2, 0.25) is 0 Å². The van der Waals surface area contributed by atoms with E-state index in [1.165, 1.54) is 18.2 Å². The third-order valence-electron chi connectivity index (χ3n) is 4.51. The van der Waals surface area contributed by atoms with Gasteiger partial charge in [0, 0.05) is 11.6 Å². The van der Waals surface area contributed by atoms with Gasteiger partial charge in [0.2, 0.25) is 0 Å². The lowest BCUT2D eigenvalue weighted by Crippen LogP contribution is -2.28. The molecule has 5 nitrogen and oxygen atoms in total. The first kappa shape index (κ1) is 21.6. The van der Waals surface area contributed by atoms with Gasteiger partial charge in [0.15, 0.2) is 11.2 Å². The summed E-state index contributed by atoms with van der Waals surface area (Å²) in [6.07, 6.45) is 0. The number of hydrogen-bond acceptors (Lipinski definition) is 5. The predicted octanol–water partition coefficient (Wildman–Crippen LogP) is 5.49. The quantitative estimate of drug-likeness (QED) is 0.227. The zero-order valence-corrected chi connectivity index (χ0v) is 16.7. The number of hydrogen-bond donors (Lipinski definition) is 0. The summed E-state index contributed by atoms with van der Waals surface area (Å²) in [6, 6.07) is 16.6. The second-order valence-electron chi connectivity index (χ2n) is 6.68. The normalized spacial score (nSPS) is 12.1. The Morgan fingerprint density at radius 3 is 2.09 bits per heavy atom. The van der Waals surface area contributed by atoms with Crippen LogP contribution in [0.3, 0.4) is 0 Å². The van der Waals surface area contributed by atoms with Crippen LogP contribution < -0.4 is 9.61 Å². The monoisotopic (exact) mass is 464 g/mol. The Morgan fingerprint density at radius 1 is 0.812 bits per heavy atom. The van der Waals surface area contributed by atoms with Crippen LogP contribution in [-0.2, 0) is 10.1 Å². The van der Waals surface area contributed by atoms with E-state index in [9.17, 15) is 30.8 Å². The third kappa shape index (κ3) is 4.09. The fourth-order valence-corrected chi connectivity index (χ4v) is 3.50. The molecule has 0 spiro atoms. The van der Waals surface area contributed by atoms with E-state index in [0.717, 1.165) is 24.3 Å². The SMILES string of the molecule is O=c1cc(-c2ccccc2)oc2cc(-c3ccc(F)cc3)cc(OS(=O)(=O)C(F)(F)F)c12. The second kappa shape index (κ2) is 7.79. The first-order valence-electron chi connectivity index (χ1n) is 8.99. The lowest BCUT2D eigenvalue weighted by Gasteiger charge is -2.13. The molecule has 32 heavy (non-hydrogen) atoms. The molecule has 164 valence electrons. The van der Waals surface area contributed by atoms with Crippen LogP contribution in [0.5, 0.6) is 5.75 Å². The number of fused-ring (bicyclic) bond motifs is 1. The Labute approximate surface area is 178 Å². The fourth-order valence-electron chi connectivity index (χ4n) is 3.04. The van der Waals surface area contributed by atoms with Crippen LogP contribution in [0, 0.1) is 5.82 Å². The molecule has 4 aromatic rings. The minimum atomic E-state index is -6.07. The van der Waals surface area contributed by atoms with Crippen molar-refractivity contribution >= 4 is 21.1 Å². The van der Waals surface area contributed by atoms with Crippen LogP contribution in [0.4, 0.5) is 17.6 Å². The van der Waals surface area contributed by atoms with Crippen molar-refractivity contribution in [1.82, 2.24) is 0 Å². The maximum atomic E-state index is 13.3. The predicted molar refractivity (Wildman–Crippen MR) is 109 cm³/mol. The molecule has 0 unspecified atom stereocenters. The van der Waals surface area contributed by atoms with Crippen LogP contribution in [-0.4, -0.2) is 13.9 Å². The van der Waals surface area contributed by atoms with Crippen LogP contribution in [0.25, 0.3) is 33.4 Å². The third-order valence-corrected chi connectivity index (χ3v) is 5.48. The molecular weight excluding hydrogens is 452 g/mol. The van der Waals surface area contributed by atoms with E-state index in [1.807, 2.05) is 0 Å². The van der Waals surface area contributed by atoms with Gasteiger partial charge < -0.3 is 8.60 Å². The summed E-state index contributed by atoms with van der Waals surface area (Å²) in [5.74, 6) is -1.29. The van der Waals surface area contributed by atoms with Gasteiger partial charge in [-0.15, -0.1) is 0 Å². The van der Waals surface area contributed by atoms with Gasteiger partial charge in [-0.05, 0) is 35.4 Å². The first-order valence-corrected chi connectivity index (χ1v) is 10.4. The molecule has 0 radical (unpaired) electrons. The summed E-state index contributed by atoms with van der Waals surface area (Å²) < 4.78 is 85.3. The molecule has 0 saturated heterocycles. The lowest BCUT2D eigenvalue weighted by atomic mass is 10.0. The van der Waals surface area contributed by atoms with Crippen molar-refractivity contribution in [2.45, 2.75) is 5.51 Å². The molecule has 0 saturated carbocycles. The van der Waals surface area contributed by atoms with E-state index in [4.69, 9.17) is 4.42 Å². The van der Waals surface area contributed by atoms with E-state index in [0.29, 0.717) is 11.1 Å². The molecule has 10 heteroatoms. The van der Waals surface area contributed by atoms with Crippen molar-refractivity contribution in [1.29, 1.82) is 0 Å². The first-order chi connectivity index (χ1) is 15.0. The number of halogens is 4. The summed E-state index contributed by atoms with van der Waals surface area (Å²) in [4.78, 5) is 12.8. The molecule has 0 N–H and O–H groups in total. The maximum absolute atomic E-state index is 13.3.